The van der Waals surface area contributed by atoms with Gasteiger partial charge in [-0.2, -0.15) is 0 Å². The van der Waals surface area contributed by atoms with Crippen molar-refractivity contribution in [2.45, 2.75) is 12.5 Å². The van der Waals surface area contributed by atoms with Crippen molar-refractivity contribution < 1.29 is 13.9 Å². The van der Waals surface area contributed by atoms with Crippen LogP contribution in [-0.2, 0) is 4.74 Å². The molecule has 0 unspecified atom stereocenters. The van der Waals surface area contributed by atoms with Gasteiger partial charge in [-0.15, -0.1) is 0 Å². The molecule has 0 heterocycles. The normalized spacial score (nSPS) is 10.1. The van der Waals surface area contributed by atoms with E-state index in [0.29, 0.717) is 15.7 Å². The maximum Gasteiger partial charge on any atom is 0.339 e. The van der Waals surface area contributed by atoms with Crippen LogP contribution in [0, 0.1) is 9.39 Å². The molecule has 0 atom stereocenters. The molecule has 15 heavy (non-hydrogen) atoms. The second kappa shape index (κ2) is 6.22. The monoisotopic (exact) mass is 335 g/mol. The van der Waals surface area contributed by atoms with E-state index in [2.05, 4.69) is 10.2 Å². The molecule has 0 aromatic heterocycles. The number of carbonyl (C=O) groups excluding carboxylic acids is 1. The minimum atomic E-state index is -0.403. The smallest absolute Gasteiger partial charge is 0.339 e. The summed E-state index contributed by atoms with van der Waals surface area (Å²) in [6.07, 6.45) is 0.764. The quantitative estimate of drug-likeness (QED) is 0.366. The van der Waals surface area contributed by atoms with Crippen LogP contribution >= 0.6 is 22.6 Å². The van der Waals surface area contributed by atoms with E-state index in [1.54, 1.807) is 0 Å². The fourth-order valence-corrected chi connectivity index (χ4v) is 1.81. The third-order valence-electron chi connectivity index (χ3n) is 1.71. The Hall–Kier alpha value is -0.433. The fraction of sp³-hybridized carbons (Fsp3) is 0.300. The number of benzene rings is 1. The second-order valence-electron chi connectivity index (χ2n) is 2.86. The first kappa shape index (κ1) is 12.6. The van der Waals surface area contributed by atoms with Gasteiger partial charge in [0.1, 0.15) is 5.82 Å². The van der Waals surface area contributed by atoms with E-state index in [9.17, 15) is 9.18 Å². The van der Waals surface area contributed by atoms with Crippen LogP contribution in [0.4, 0.5) is 4.39 Å². The lowest BCUT2D eigenvalue weighted by atomic mass is 10.2. The Balaban J connectivity index is 2.65. The van der Waals surface area contributed by atoms with Gasteiger partial charge in [-0.3, -0.25) is 0 Å². The average Bonchev–Trinajstić information content (AvgIpc) is 2.17. The molecule has 0 aliphatic heterocycles. The summed E-state index contributed by atoms with van der Waals surface area (Å²) in [6, 6.07) is 4.78. The molecule has 5 heteroatoms. The molecular weight excluding hydrogens is 326 g/mol. The van der Waals surface area contributed by atoms with E-state index in [0.717, 1.165) is 12.5 Å². The molecule has 3 radical (unpaired) electrons. The van der Waals surface area contributed by atoms with Crippen LogP contribution in [0.25, 0.3) is 0 Å². The van der Waals surface area contributed by atoms with Gasteiger partial charge in [-0.1, -0.05) is 6.04 Å². The molecule has 1 rings (SSSR count). The van der Waals surface area contributed by atoms with Crippen molar-refractivity contribution in [2.75, 3.05) is 6.61 Å². The first-order valence-electron chi connectivity index (χ1n) is 4.42. The molecule has 0 aliphatic rings. The zero-order valence-corrected chi connectivity index (χ0v) is 11.1. The summed E-state index contributed by atoms with van der Waals surface area (Å²) in [6.45, 7) is 0.371. The largest absolute Gasteiger partial charge is 0.462 e. The molecule has 1 aromatic carbocycles. The first-order valence-corrected chi connectivity index (χ1v) is 6.20. The molecule has 0 amide bonds. The highest BCUT2D eigenvalue weighted by Crippen LogP contribution is 2.15. The maximum atomic E-state index is 12.8. The number of carbonyl (C=O) groups is 1. The van der Waals surface area contributed by atoms with Crippen molar-refractivity contribution in [1.82, 2.24) is 0 Å². The first-order chi connectivity index (χ1) is 7.15. The summed E-state index contributed by atoms with van der Waals surface area (Å²) >= 11 is 1.91. The van der Waals surface area contributed by atoms with Crippen LogP contribution in [0.1, 0.15) is 16.8 Å². The highest BCUT2D eigenvalue weighted by Gasteiger charge is 2.11. The summed E-state index contributed by atoms with van der Waals surface area (Å²) < 4.78 is 18.3. The van der Waals surface area contributed by atoms with Crippen LogP contribution in [0.2, 0.25) is 6.04 Å². The topological polar surface area (TPSA) is 26.3 Å². The summed E-state index contributed by atoms with van der Waals surface area (Å²) in [5, 5.41) is 0. The van der Waals surface area contributed by atoms with Crippen LogP contribution in [0.15, 0.2) is 18.2 Å². The van der Waals surface area contributed by atoms with E-state index < -0.39 is 5.97 Å². The van der Waals surface area contributed by atoms with E-state index in [-0.39, 0.29) is 5.82 Å². The summed E-state index contributed by atoms with van der Waals surface area (Å²) in [4.78, 5) is 11.5. The van der Waals surface area contributed by atoms with E-state index >= 15 is 0 Å². The SMILES string of the molecule is O=C(OCCC[Si])c1ccc(F)cc1I. The van der Waals surface area contributed by atoms with Crippen LogP contribution in [-0.4, -0.2) is 22.8 Å². The van der Waals surface area contributed by atoms with Crippen molar-refractivity contribution in [3.05, 3.63) is 33.1 Å². The zero-order valence-electron chi connectivity index (χ0n) is 7.93. The molecule has 0 saturated carbocycles. The van der Waals surface area contributed by atoms with Crippen molar-refractivity contribution >= 4 is 38.8 Å². The highest BCUT2D eigenvalue weighted by molar-refractivity contribution is 14.1. The Labute approximate surface area is 105 Å². The Morgan fingerprint density at radius 2 is 2.27 bits per heavy atom. The van der Waals surface area contributed by atoms with Crippen LogP contribution in [0.3, 0.4) is 0 Å². The lowest BCUT2D eigenvalue weighted by Gasteiger charge is -2.05. The molecule has 2 nitrogen and oxygen atoms in total. The van der Waals surface area contributed by atoms with Gasteiger partial charge in [0, 0.05) is 13.8 Å². The van der Waals surface area contributed by atoms with Gasteiger partial charge >= 0.3 is 5.97 Å². The average molecular weight is 335 g/mol. The molecule has 1 aromatic rings. The van der Waals surface area contributed by atoms with Gasteiger partial charge in [-0.05, 0) is 47.2 Å². The Morgan fingerprint density at radius 1 is 1.53 bits per heavy atom. The molecule has 0 fully saturated rings. The number of hydrogen-bond donors (Lipinski definition) is 0. The number of hydrogen-bond acceptors (Lipinski definition) is 2. The Kier molecular flexibility index (Phi) is 5.24. The fourth-order valence-electron chi connectivity index (χ4n) is 0.970. The molecular formula is C10H9FIO2Si. The number of esters is 1. The number of halogens is 2. The standard InChI is InChI=1S/C10H9FIO2Si/c11-7-2-3-8(9(12)6-7)10(13)14-4-1-5-15/h2-3,6H,1,4-5H2. The lowest BCUT2D eigenvalue weighted by Crippen LogP contribution is -2.08. The Bertz CT molecular complexity index is 357. The van der Waals surface area contributed by atoms with Gasteiger partial charge in [0.05, 0.1) is 12.2 Å². The van der Waals surface area contributed by atoms with Gasteiger partial charge in [-0.25, -0.2) is 9.18 Å². The highest BCUT2D eigenvalue weighted by atomic mass is 127. The van der Waals surface area contributed by atoms with E-state index in [1.807, 2.05) is 22.6 Å². The van der Waals surface area contributed by atoms with Gasteiger partial charge in [0.25, 0.3) is 0 Å². The molecule has 0 aliphatic carbocycles. The Morgan fingerprint density at radius 3 is 2.87 bits per heavy atom. The van der Waals surface area contributed by atoms with Crippen molar-refractivity contribution in [1.29, 1.82) is 0 Å². The van der Waals surface area contributed by atoms with E-state index in [1.165, 1.54) is 18.2 Å². The number of ether oxygens (including phenoxy) is 1. The minimum absolute atomic E-state index is 0.351. The predicted octanol–water partition coefficient (Wildman–Crippen LogP) is 2.56. The maximum absolute atomic E-state index is 12.8. The third kappa shape index (κ3) is 3.90. The second-order valence-corrected chi connectivity index (χ2v) is 4.53. The van der Waals surface area contributed by atoms with Crippen LogP contribution < -0.4 is 0 Å². The zero-order chi connectivity index (χ0) is 11.3. The minimum Gasteiger partial charge on any atom is -0.462 e. The van der Waals surface area contributed by atoms with Gasteiger partial charge in [0.2, 0.25) is 0 Å². The predicted molar refractivity (Wildman–Crippen MR) is 64.6 cm³/mol. The molecule has 0 spiro atoms. The molecule has 0 bridgehead atoms. The molecule has 79 valence electrons. The van der Waals surface area contributed by atoms with Gasteiger partial charge < -0.3 is 4.74 Å². The van der Waals surface area contributed by atoms with Gasteiger partial charge in [0.15, 0.2) is 0 Å². The summed E-state index contributed by atoms with van der Waals surface area (Å²) in [5.41, 5.74) is 0.408. The van der Waals surface area contributed by atoms with E-state index in [4.69, 9.17) is 4.74 Å². The summed E-state index contributed by atoms with van der Waals surface area (Å²) in [7, 11) is 3.28. The molecule has 0 N–H and O–H groups in total. The van der Waals surface area contributed by atoms with Crippen molar-refractivity contribution in [3.63, 3.8) is 0 Å². The molecule has 0 saturated heterocycles. The van der Waals surface area contributed by atoms with Crippen molar-refractivity contribution in [2.24, 2.45) is 0 Å². The lowest BCUT2D eigenvalue weighted by molar-refractivity contribution is 0.0504. The van der Waals surface area contributed by atoms with Crippen LogP contribution in [0.5, 0.6) is 0 Å². The third-order valence-corrected chi connectivity index (χ3v) is 2.95. The summed E-state index contributed by atoms with van der Waals surface area (Å²) in [5.74, 6) is -0.754. The van der Waals surface area contributed by atoms with Crippen molar-refractivity contribution in [3.8, 4) is 0 Å². The number of rotatable bonds is 4.